The van der Waals surface area contributed by atoms with Crippen LogP contribution in [0.15, 0.2) is 42.9 Å². The number of rotatable bonds is 5. The van der Waals surface area contributed by atoms with Crippen LogP contribution >= 0.6 is 0 Å². The number of hydrogen-bond donors (Lipinski definition) is 1. The van der Waals surface area contributed by atoms with E-state index in [2.05, 4.69) is 30.4 Å². The molecule has 0 fully saturated rings. The third-order valence-corrected chi connectivity index (χ3v) is 5.59. The number of carbonyl (C=O) groups is 1. The van der Waals surface area contributed by atoms with Crippen LogP contribution in [-0.4, -0.2) is 51.6 Å². The lowest BCUT2D eigenvalue weighted by Crippen LogP contribution is -2.40. The molecule has 1 N–H and O–H groups in total. The first-order valence-corrected chi connectivity index (χ1v) is 10.7. The minimum absolute atomic E-state index is 0.0454. The Morgan fingerprint density at radius 3 is 2.69 bits per heavy atom. The molecule has 0 saturated heterocycles. The lowest BCUT2D eigenvalue weighted by Gasteiger charge is -2.27. The van der Waals surface area contributed by atoms with E-state index in [4.69, 9.17) is 0 Å². The van der Waals surface area contributed by atoms with Crippen LogP contribution in [0.4, 0.5) is 24.9 Å². The van der Waals surface area contributed by atoms with Crippen LogP contribution in [0.5, 0.6) is 0 Å². The van der Waals surface area contributed by atoms with E-state index in [0.29, 0.717) is 36.2 Å². The number of aromatic nitrogens is 7. The Bertz CT molecular complexity index is 1410. The molecule has 1 aliphatic rings. The molecule has 4 aromatic rings. The van der Waals surface area contributed by atoms with Crippen molar-refractivity contribution in [3.8, 4) is 11.4 Å². The fraction of sp³-hybridized carbons (Fsp3) is 0.273. The van der Waals surface area contributed by atoms with Crippen molar-refractivity contribution in [2.24, 2.45) is 7.05 Å². The number of halogens is 3. The maximum atomic E-state index is 13.1. The van der Waals surface area contributed by atoms with Gasteiger partial charge in [-0.2, -0.15) is 18.3 Å². The molecule has 180 valence electrons. The molecular formula is C22H20F3N9O. The highest BCUT2D eigenvalue weighted by molar-refractivity contribution is 5.92. The van der Waals surface area contributed by atoms with Gasteiger partial charge in [-0.25, -0.2) is 19.9 Å². The number of aryl methyl sites for hydroxylation is 2. The summed E-state index contributed by atoms with van der Waals surface area (Å²) in [4.78, 5) is 31.6. The summed E-state index contributed by atoms with van der Waals surface area (Å²) in [5, 5.41) is 7.19. The Hall–Kier alpha value is -4.29. The Morgan fingerprint density at radius 1 is 1.11 bits per heavy atom. The van der Waals surface area contributed by atoms with Crippen LogP contribution in [0.3, 0.4) is 0 Å². The van der Waals surface area contributed by atoms with Gasteiger partial charge in [0.25, 0.3) is 5.91 Å². The number of amides is 1. The Balaban J connectivity index is 1.39. The fourth-order valence-corrected chi connectivity index (χ4v) is 3.79. The van der Waals surface area contributed by atoms with Crippen LogP contribution in [0.2, 0.25) is 0 Å². The summed E-state index contributed by atoms with van der Waals surface area (Å²) in [5.74, 6) is 0.862. The van der Waals surface area contributed by atoms with Gasteiger partial charge in [-0.05, 0) is 24.6 Å². The molecule has 0 bridgehead atoms. The minimum atomic E-state index is -4.55. The molecule has 13 heteroatoms. The molecule has 10 nitrogen and oxygen atoms in total. The van der Waals surface area contributed by atoms with Crippen LogP contribution < -0.4 is 5.32 Å². The highest BCUT2D eigenvalue weighted by Gasteiger charge is 2.33. The SMILES string of the molecule is Cc1cnc(Nc2ccnn2C)nc1-c1cn2c(n1)C(=O)N(Cc1cccc(C(F)(F)F)n1)CC2. The fourth-order valence-electron chi connectivity index (χ4n) is 3.79. The zero-order valence-corrected chi connectivity index (χ0v) is 18.8. The van der Waals surface area contributed by atoms with E-state index in [1.807, 2.05) is 6.92 Å². The summed E-state index contributed by atoms with van der Waals surface area (Å²) in [7, 11) is 1.78. The van der Waals surface area contributed by atoms with Gasteiger partial charge in [0.2, 0.25) is 5.95 Å². The van der Waals surface area contributed by atoms with E-state index in [1.54, 1.807) is 41.0 Å². The molecule has 4 aromatic heterocycles. The predicted molar refractivity (Wildman–Crippen MR) is 118 cm³/mol. The van der Waals surface area contributed by atoms with Crippen molar-refractivity contribution in [1.82, 2.24) is 39.2 Å². The van der Waals surface area contributed by atoms with E-state index in [1.165, 1.54) is 17.0 Å². The minimum Gasteiger partial charge on any atom is -0.328 e. The van der Waals surface area contributed by atoms with Crippen molar-refractivity contribution >= 4 is 17.7 Å². The molecule has 5 heterocycles. The maximum absolute atomic E-state index is 13.1. The summed E-state index contributed by atoms with van der Waals surface area (Å²) < 4.78 is 42.4. The standard InChI is InChI=1S/C22H20F3N9O/c1-13-10-26-21(30-17-6-7-27-32(17)2)31-18(13)15-12-33-8-9-34(20(35)19(33)29-15)11-14-4-3-5-16(28-14)22(23,24)25/h3-7,10,12H,8-9,11H2,1-2H3,(H,26,30,31). The smallest absolute Gasteiger partial charge is 0.328 e. The van der Waals surface area contributed by atoms with Crippen molar-refractivity contribution < 1.29 is 18.0 Å². The van der Waals surface area contributed by atoms with Gasteiger partial charge in [0.1, 0.15) is 17.2 Å². The van der Waals surface area contributed by atoms with Gasteiger partial charge in [0, 0.05) is 38.6 Å². The van der Waals surface area contributed by atoms with Gasteiger partial charge in [-0.15, -0.1) is 0 Å². The molecule has 0 saturated carbocycles. The molecule has 1 amide bonds. The van der Waals surface area contributed by atoms with Gasteiger partial charge in [-0.3, -0.25) is 9.48 Å². The summed E-state index contributed by atoms with van der Waals surface area (Å²) in [6.45, 7) is 2.55. The molecule has 0 spiro atoms. The number of nitrogens with one attached hydrogen (secondary N) is 1. The predicted octanol–water partition coefficient (Wildman–Crippen LogP) is 3.20. The largest absolute Gasteiger partial charge is 0.433 e. The molecule has 0 atom stereocenters. The quantitative estimate of drug-likeness (QED) is 0.465. The van der Waals surface area contributed by atoms with Crippen LogP contribution in [0, 0.1) is 6.92 Å². The van der Waals surface area contributed by atoms with Gasteiger partial charge in [0.05, 0.1) is 24.1 Å². The second-order valence-corrected chi connectivity index (χ2v) is 8.07. The Labute approximate surface area is 197 Å². The third kappa shape index (κ3) is 4.44. The Morgan fingerprint density at radius 2 is 1.94 bits per heavy atom. The van der Waals surface area contributed by atoms with Crippen molar-refractivity contribution in [3.05, 3.63) is 65.6 Å². The number of nitrogens with zero attached hydrogens (tertiary/aromatic N) is 8. The topological polar surface area (TPSA) is 107 Å². The number of pyridine rings is 1. The normalized spacial score (nSPS) is 13.7. The van der Waals surface area contributed by atoms with Crippen molar-refractivity contribution in [3.63, 3.8) is 0 Å². The Kier molecular flexibility index (Phi) is 5.46. The number of carbonyl (C=O) groups excluding carboxylic acids is 1. The first-order valence-electron chi connectivity index (χ1n) is 10.7. The van der Waals surface area contributed by atoms with Crippen molar-refractivity contribution in [2.75, 3.05) is 11.9 Å². The maximum Gasteiger partial charge on any atom is 0.433 e. The first-order chi connectivity index (χ1) is 16.7. The lowest BCUT2D eigenvalue weighted by atomic mass is 10.2. The lowest BCUT2D eigenvalue weighted by molar-refractivity contribution is -0.141. The van der Waals surface area contributed by atoms with E-state index in [9.17, 15) is 18.0 Å². The van der Waals surface area contributed by atoms with E-state index >= 15 is 0 Å². The average molecular weight is 483 g/mol. The highest BCUT2D eigenvalue weighted by atomic mass is 19.4. The van der Waals surface area contributed by atoms with Crippen molar-refractivity contribution in [2.45, 2.75) is 26.2 Å². The van der Waals surface area contributed by atoms with E-state index in [-0.39, 0.29) is 24.0 Å². The molecule has 5 rings (SSSR count). The highest BCUT2D eigenvalue weighted by Crippen LogP contribution is 2.28. The monoisotopic (exact) mass is 483 g/mol. The zero-order chi connectivity index (χ0) is 24.7. The van der Waals surface area contributed by atoms with Crippen LogP contribution in [0.1, 0.15) is 27.6 Å². The zero-order valence-electron chi connectivity index (χ0n) is 18.8. The molecule has 0 aliphatic carbocycles. The molecule has 0 unspecified atom stereocenters. The van der Waals surface area contributed by atoms with E-state index in [0.717, 1.165) is 11.6 Å². The average Bonchev–Trinajstić information content (AvgIpc) is 3.43. The number of hydrogen-bond acceptors (Lipinski definition) is 7. The van der Waals surface area contributed by atoms with Crippen LogP contribution in [-0.2, 0) is 26.3 Å². The molecule has 35 heavy (non-hydrogen) atoms. The summed E-state index contributed by atoms with van der Waals surface area (Å²) in [5.41, 5.74) is 1.00. The second kappa shape index (κ2) is 8.49. The summed E-state index contributed by atoms with van der Waals surface area (Å²) in [6.07, 6.45) is 0.503. The van der Waals surface area contributed by atoms with E-state index < -0.39 is 11.9 Å². The number of imidazole rings is 1. The van der Waals surface area contributed by atoms with Crippen LogP contribution in [0.25, 0.3) is 11.4 Å². The third-order valence-electron chi connectivity index (χ3n) is 5.59. The van der Waals surface area contributed by atoms with Crippen molar-refractivity contribution in [1.29, 1.82) is 0 Å². The molecule has 0 radical (unpaired) electrons. The van der Waals surface area contributed by atoms with Gasteiger partial charge in [0.15, 0.2) is 5.82 Å². The van der Waals surface area contributed by atoms with Gasteiger partial charge < -0.3 is 14.8 Å². The first kappa shape index (κ1) is 22.5. The number of fused-ring (bicyclic) bond motifs is 1. The van der Waals surface area contributed by atoms with Gasteiger partial charge in [-0.1, -0.05) is 6.07 Å². The number of alkyl halides is 3. The number of anilines is 2. The second-order valence-electron chi connectivity index (χ2n) is 8.07. The van der Waals surface area contributed by atoms with Gasteiger partial charge >= 0.3 is 6.18 Å². The summed E-state index contributed by atoms with van der Waals surface area (Å²) >= 11 is 0. The molecule has 1 aliphatic heterocycles. The molecular weight excluding hydrogens is 463 g/mol. The summed E-state index contributed by atoms with van der Waals surface area (Å²) in [6, 6.07) is 5.44. The molecule has 0 aromatic carbocycles.